The molecule has 0 radical (unpaired) electrons. The van der Waals surface area contributed by atoms with E-state index in [9.17, 15) is 0 Å². The maximum atomic E-state index is 4.36. The quantitative estimate of drug-likeness (QED) is 0.869. The van der Waals surface area contributed by atoms with Crippen molar-refractivity contribution in [2.75, 3.05) is 6.54 Å². The van der Waals surface area contributed by atoms with E-state index in [0.717, 1.165) is 30.8 Å². The molecule has 18 heavy (non-hydrogen) atoms. The Morgan fingerprint density at radius 1 is 1.33 bits per heavy atom. The number of aromatic nitrogens is 2. The van der Waals surface area contributed by atoms with Crippen LogP contribution in [0.3, 0.4) is 0 Å². The predicted molar refractivity (Wildman–Crippen MR) is 75.5 cm³/mol. The molecule has 1 fully saturated rings. The fourth-order valence-electron chi connectivity index (χ4n) is 3.02. The maximum Gasteiger partial charge on any atom is 0.109 e. The van der Waals surface area contributed by atoms with Crippen molar-refractivity contribution in [2.45, 2.75) is 52.0 Å². The summed E-state index contributed by atoms with van der Waals surface area (Å²) in [5.74, 6) is 2.99. The highest BCUT2D eigenvalue weighted by Crippen LogP contribution is 2.29. The third-order valence-electron chi connectivity index (χ3n) is 4.42. The van der Waals surface area contributed by atoms with Gasteiger partial charge in [0.25, 0.3) is 0 Å². The molecule has 1 saturated carbocycles. The number of hydrogen-bond acceptors (Lipinski definition) is 2. The molecule has 0 atom stereocenters. The lowest BCUT2D eigenvalue weighted by molar-refractivity contribution is 0.239. The third-order valence-corrected chi connectivity index (χ3v) is 4.42. The molecular weight excluding hydrogens is 222 g/mol. The standard InChI is InChI=1S/C15H27N3/c1-12(2)13-4-6-14(7-5-13)16-9-8-15-17-10-11-18(15)3/h10-14,16H,4-9H2,1-3H3. The van der Waals surface area contributed by atoms with Gasteiger partial charge in [0.1, 0.15) is 5.82 Å². The van der Waals surface area contributed by atoms with E-state index in [0.29, 0.717) is 0 Å². The molecule has 2 rings (SSSR count). The number of rotatable bonds is 5. The first-order valence-electron chi connectivity index (χ1n) is 7.36. The predicted octanol–water partition coefficient (Wildman–Crippen LogP) is 2.77. The van der Waals surface area contributed by atoms with Gasteiger partial charge >= 0.3 is 0 Å². The van der Waals surface area contributed by atoms with Gasteiger partial charge in [0.05, 0.1) is 0 Å². The molecule has 1 N–H and O–H groups in total. The van der Waals surface area contributed by atoms with Gasteiger partial charge in [0.2, 0.25) is 0 Å². The first kappa shape index (κ1) is 13.6. The van der Waals surface area contributed by atoms with Crippen LogP contribution in [-0.2, 0) is 13.5 Å². The zero-order valence-electron chi connectivity index (χ0n) is 12.0. The van der Waals surface area contributed by atoms with Crippen LogP contribution in [0.1, 0.15) is 45.4 Å². The van der Waals surface area contributed by atoms with E-state index >= 15 is 0 Å². The van der Waals surface area contributed by atoms with Gasteiger partial charge in [-0.1, -0.05) is 13.8 Å². The van der Waals surface area contributed by atoms with Crippen LogP contribution >= 0.6 is 0 Å². The molecule has 1 aliphatic rings. The second kappa shape index (κ2) is 6.37. The topological polar surface area (TPSA) is 29.9 Å². The Morgan fingerprint density at radius 2 is 2.06 bits per heavy atom. The van der Waals surface area contributed by atoms with Gasteiger partial charge in [-0.3, -0.25) is 0 Å². The van der Waals surface area contributed by atoms with Crippen molar-refractivity contribution in [2.24, 2.45) is 18.9 Å². The van der Waals surface area contributed by atoms with E-state index in [1.807, 2.05) is 12.4 Å². The Hall–Kier alpha value is -0.830. The highest BCUT2D eigenvalue weighted by molar-refractivity contribution is 4.92. The van der Waals surface area contributed by atoms with Crippen molar-refractivity contribution < 1.29 is 0 Å². The molecule has 1 aromatic heterocycles. The van der Waals surface area contributed by atoms with E-state index in [2.05, 4.69) is 35.8 Å². The van der Waals surface area contributed by atoms with Gasteiger partial charge in [0.15, 0.2) is 0 Å². The number of nitrogens with one attached hydrogen (secondary N) is 1. The van der Waals surface area contributed by atoms with E-state index in [4.69, 9.17) is 0 Å². The molecule has 1 aromatic rings. The summed E-state index contributed by atoms with van der Waals surface area (Å²) in [6.45, 7) is 5.78. The van der Waals surface area contributed by atoms with Crippen molar-refractivity contribution in [3.63, 3.8) is 0 Å². The van der Waals surface area contributed by atoms with Crippen molar-refractivity contribution in [3.8, 4) is 0 Å². The lowest BCUT2D eigenvalue weighted by Gasteiger charge is -2.31. The highest BCUT2D eigenvalue weighted by atomic mass is 15.0. The Labute approximate surface area is 111 Å². The lowest BCUT2D eigenvalue weighted by atomic mass is 9.80. The number of nitrogens with zero attached hydrogens (tertiary/aromatic N) is 2. The van der Waals surface area contributed by atoms with E-state index in [1.165, 1.54) is 31.5 Å². The van der Waals surface area contributed by atoms with Gasteiger partial charge in [-0.2, -0.15) is 0 Å². The number of hydrogen-bond donors (Lipinski definition) is 1. The minimum absolute atomic E-state index is 0.736. The molecule has 0 bridgehead atoms. The van der Waals surface area contributed by atoms with Crippen LogP contribution in [-0.4, -0.2) is 22.1 Å². The highest BCUT2D eigenvalue weighted by Gasteiger charge is 2.22. The molecule has 3 heteroatoms. The van der Waals surface area contributed by atoms with Gasteiger partial charge in [-0.05, 0) is 37.5 Å². The Morgan fingerprint density at radius 3 is 2.61 bits per heavy atom. The van der Waals surface area contributed by atoms with E-state index < -0.39 is 0 Å². The molecule has 0 aliphatic heterocycles. The molecule has 1 heterocycles. The average Bonchev–Trinajstić information content (AvgIpc) is 2.76. The summed E-state index contributed by atoms with van der Waals surface area (Å²) in [7, 11) is 2.07. The van der Waals surface area contributed by atoms with Crippen molar-refractivity contribution in [3.05, 3.63) is 18.2 Å². The largest absolute Gasteiger partial charge is 0.338 e. The summed E-state index contributed by atoms with van der Waals surface area (Å²) in [5, 5.41) is 3.69. The van der Waals surface area contributed by atoms with Crippen LogP contribution in [0.2, 0.25) is 0 Å². The molecular formula is C15H27N3. The fraction of sp³-hybridized carbons (Fsp3) is 0.800. The smallest absolute Gasteiger partial charge is 0.109 e. The monoisotopic (exact) mass is 249 g/mol. The van der Waals surface area contributed by atoms with Crippen LogP contribution in [0.25, 0.3) is 0 Å². The molecule has 0 spiro atoms. The van der Waals surface area contributed by atoms with Crippen LogP contribution in [0.5, 0.6) is 0 Å². The second-order valence-corrected chi connectivity index (χ2v) is 6.01. The normalized spacial score (nSPS) is 24.7. The molecule has 0 saturated heterocycles. The van der Waals surface area contributed by atoms with Crippen molar-refractivity contribution in [1.82, 2.24) is 14.9 Å². The summed E-state index contributed by atoms with van der Waals surface area (Å²) >= 11 is 0. The van der Waals surface area contributed by atoms with Crippen LogP contribution < -0.4 is 5.32 Å². The van der Waals surface area contributed by atoms with E-state index in [-0.39, 0.29) is 0 Å². The maximum absolute atomic E-state index is 4.36. The summed E-state index contributed by atoms with van der Waals surface area (Å²) in [5.41, 5.74) is 0. The van der Waals surface area contributed by atoms with Gasteiger partial charge in [-0.15, -0.1) is 0 Å². The van der Waals surface area contributed by atoms with Crippen LogP contribution in [0.15, 0.2) is 12.4 Å². The third kappa shape index (κ3) is 3.58. The van der Waals surface area contributed by atoms with Crippen LogP contribution in [0.4, 0.5) is 0 Å². The average molecular weight is 249 g/mol. The Bertz CT molecular complexity index is 348. The SMILES string of the molecule is CC(C)C1CCC(NCCc2nccn2C)CC1. The zero-order chi connectivity index (χ0) is 13.0. The van der Waals surface area contributed by atoms with Crippen LogP contribution in [0, 0.1) is 11.8 Å². The number of aryl methyl sites for hydroxylation is 1. The first-order chi connectivity index (χ1) is 8.66. The molecule has 0 amide bonds. The van der Waals surface area contributed by atoms with E-state index in [1.54, 1.807) is 0 Å². The molecule has 0 aromatic carbocycles. The minimum atomic E-state index is 0.736. The Balaban J connectivity index is 1.65. The second-order valence-electron chi connectivity index (χ2n) is 6.01. The van der Waals surface area contributed by atoms with Crippen molar-refractivity contribution in [1.29, 1.82) is 0 Å². The van der Waals surface area contributed by atoms with Gasteiger partial charge in [-0.25, -0.2) is 4.98 Å². The summed E-state index contributed by atoms with van der Waals surface area (Å²) < 4.78 is 2.11. The Kier molecular flexibility index (Phi) is 4.81. The zero-order valence-corrected chi connectivity index (χ0v) is 12.0. The van der Waals surface area contributed by atoms with Crippen molar-refractivity contribution >= 4 is 0 Å². The number of imidazole rings is 1. The molecule has 3 nitrogen and oxygen atoms in total. The van der Waals surface area contributed by atoms with Gasteiger partial charge < -0.3 is 9.88 Å². The molecule has 1 aliphatic carbocycles. The molecule has 102 valence electrons. The lowest BCUT2D eigenvalue weighted by Crippen LogP contribution is -2.35. The summed E-state index contributed by atoms with van der Waals surface area (Å²) in [4.78, 5) is 4.36. The summed E-state index contributed by atoms with van der Waals surface area (Å²) in [6, 6.07) is 0.736. The minimum Gasteiger partial charge on any atom is -0.338 e. The summed E-state index contributed by atoms with van der Waals surface area (Å²) in [6.07, 6.45) is 10.4. The molecule has 0 unspecified atom stereocenters. The first-order valence-corrected chi connectivity index (χ1v) is 7.36. The van der Waals surface area contributed by atoms with Gasteiger partial charge in [0, 0.05) is 38.4 Å². The fourth-order valence-corrected chi connectivity index (χ4v) is 3.02.